The number of hydrogen-bond acceptors (Lipinski definition) is 6. The second-order valence-corrected chi connectivity index (χ2v) is 6.82. The SMILES string of the molecule is COc1ccc(N(CC(=O)c2ccc3c(c2)OCCO3)C2=NCCCC2)cc1. The van der Waals surface area contributed by atoms with Gasteiger partial charge in [0.25, 0.3) is 0 Å². The lowest BCUT2D eigenvalue weighted by Gasteiger charge is -2.28. The third kappa shape index (κ3) is 3.96. The molecular formula is C22H24N2O4. The number of aliphatic imine (C=N–C) groups is 1. The van der Waals surface area contributed by atoms with Crippen LogP contribution in [0.1, 0.15) is 29.6 Å². The summed E-state index contributed by atoms with van der Waals surface area (Å²) in [4.78, 5) is 19.8. The number of anilines is 1. The predicted octanol–water partition coefficient (Wildman–Crippen LogP) is 3.74. The van der Waals surface area contributed by atoms with Gasteiger partial charge >= 0.3 is 0 Å². The van der Waals surface area contributed by atoms with E-state index < -0.39 is 0 Å². The van der Waals surface area contributed by atoms with Crippen molar-refractivity contribution in [2.75, 3.05) is 38.3 Å². The third-order valence-electron chi connectivity index (χ3n) is 4.96. The molecule has 0 atom stereocenters. The molecule has 0 aromatic heterocycles. The molecule has 146 valence electrons. The highest BCUT2D eigenvalue weighted by Gasteiger charge is 2.21. The maximum atomic E-state index is 13.1. The highest BCUT2D eigenvalue weighted by Crippen LogP contribution is 2.31. The molecule has 4 rings (SSSR count). The normalized spacial score (nSPS) is 15.5. The Hall–Kier alpha value is -3.02. The van der Waals surface area contributed by atoms with Crippen LogP contribution in [0.15, 0.2) is 47.5 Å². The minimum absolute atomic E-state index is 0.0149. The minimum atomic E-state index is 0.0149. The highest BCUT2D eigenvalue weighted by molar-refractivity contribution is 6.07. The molecule has 0 radical (unpaired) electrons. The first-order valence-electron chi connectivity index (χ1n) is 9.62. The molecular weight excluding hydrogens is 356 g/mol. The van der Waals surface area contributed by atoms with Gasteiger partial charge in [0.2, 0.25) is 0 Å². The molecule has 0 saturated carbocycles. The topological polar surface area (TPSA) is 60.4 Å². The van der Waals surface area contributed by atoms with Crippen molar-refractivity contribution < 1.29 is 19.0 Å². The van der Waals surface area contributed by atoms with Gasteiger partial charge in [-0.25, -0.2) is 0 Å². The smallest absolute Gasteiger partial charge is 0.182 e. The molecule has 2 heterocycles. The van der Waals surface area contributed by atoms with Crippen LogP contribution in [0.2, 0.25) is 0 Å². The van der Waals surface area contributed by atoms with Crippen LogP contribution in [0, 0.1) is 0 Å². The number of ether oxygens (including phenoxy) is 3. The summed E-state index contributed by atoms with van der Waals surface area (Å²) >= 11 is 0. The first-order chi connectivity index (χ1) is 13.7. The van der Waals surface area contributed by atoms with Crippen LogP contribution < -0.4 is 19.1 Å². The van der Waals surface area contributed by atoms with E-state index in [1.165, 1.54) is 0 Å². The van der Waals surface area contributed by atoms with Gasteiger partial charge in [0.05, 0.1) is 13.7 Å². The highest BCUT2D eigenvalue weighted by atomic mass is 16.6. The lowest BCUT2D eigenvalue weighted by molar-refractivity contribution is 0.100. The molecule has 6 heteroatoms. The number of fused-ring (bicyclic) bond motifs is 1. The monoisotopic (exact) mass is 380 g/mol. The predicted molar refractivity (Wildman–Crippen MR) is 108 cm³/mol. The summed E-state index contributed by atoms with van der Waals surface area (Å²) in [5.74, 6) is 3.07. The average molecular weight is 380 g/mol. The van der Waals surface area contributed by atoms with Gasteiger partial charge in [-0.1, -0.05) is 0 Å². The summed E-state index contributed by atoms with van der Waals surface area (Å²) in [7, 11) is 1.64. The van der Waals surface area contributed by atoms with Crippen LogP contribution >= 0.6 is 0 Å². The van der Waals surface area contributed by atoms with Crippen molar-refractivity contribution in [3.8, 4) is 17.2 Å². The number of Topliss-reactive ketones (excluding diaryl/α,β-unsaturated/α-hetero) is 1. The summed E-state index contributed by atoms with van der Waals surface area (Å²) in [6.45, 7) is 2.07. The molecule has 0 saturated heterocycles. The zero-order valence-corrected chi connectivity index (χ0v) is 16.0. The van der Waals surface area contributed by atoms with Gasteiger partial charge in [-0.15, -0.1) is 0 Å². The molecule has 0 bridgehead atoms. The fraction of sp³-hybridized carbons (Fsp3) is 0.364. The van der Waals surface area contributed by atoms with Crippen molar-refractivity contribution in [2.24, 2.45) is 4.99 Å². The fourth-order valence-corrected chi connectivity index (χ4v) is 3.45. The number of carbonyl (C=O) groups is 1. The minimum Gasteiger partial charge on any atom is -0.497 e. The molecule has 2 aromatic carbocycles. The van der Waals surface area contributed by atoms with Crippen LogP contribution in [0.4, 0.5) is 5.69 Å². The van der Waals surface area contributed by atoms with Crippen molar-refractivity contribution in [1.82, 2.24) is 0 Å². The Balaban J connectivity index is 1.59. The molecule has 0 amide bonds. The largest absolute Gasteiger partial charge is 0.497 e. The first-order valence-corrected chi connectivity index (χ1v) is 9.62. The molecule has 2 aromatic rings. The van der Waals surface area contributed by atoms with Crippen LogP contribution in [0.25, 0.3) is 0 Å². The van der Waals surface area contributed by atoms with Crippen LogP contribution in [-0.2, 0) is 0 Å². The summed E-state index contributed by atoms with van der Waals surface area (Å²) in [5, 5.41) is 0. The zero-order valence-electron chi connectivity index (χ0n) is 16.0. The van der Waals surface area contributed by atoms with Gasteiger partial charge in [0.1, 0.15) is 24.8 Å². The number of nitrogens with zero attached hydrogens (tertiary/aromatic N) is 2. The number of rotatable bonds is 5. The van der Waals surface area contributed by atoms with Gasteiger partial charge in [0, 0.05) is 24.2 Å². The van der Waals surface area contributed by atoms with Gasteiger partial charge in [-0.05, 0) is 55.3 Å². The lowest BCUT2D eigenvalue weighted by atomic mass is 10.1. The van der Waals surface area contributed by atoms with E-state index in [1.54, 1.807) is 25.3 Å². The summed E-state index contributed by atoms with van der Waals surface area (Å²) < 4.78 is 16.4. The van der Waals surface area contributed by atoms with E-state index in [2.05, 4.69) is 4.99 Å². The molecule has 0 aliphatic carbocycles. The number of hydrogen-bond donors (Lipinski definition) is 0. The van der Waals surface area contributed by atoms with E-state index in [4.69, 9.17) is 14.2 Å². The standard InChI is InChI=1S/C22H24N2O4/c1-26-18-8-6-17(7-9-18)24(22-4-2-3-11-23-22)15-19(25)16-5-10-20-21(14-16)28-13-12-27-20/h5-10,14H,2-4,11-13,15H2,1H3. The van der Waals surface area contributed by atoms with E-state index in [0.29, 0.717) is 30.3 Å². The average Bonchev–Trinajstić information content (AvgIpc) is 2.77. The van der Waals surface area contributed by atoms with Crippen LogP contribution in [0.3, 0.4) is 0 Å². The number of ketones is 1. The Bertz CT molecular complexity index is 877. The van der Waals surface area contributed by atoms with Crippen molar-refractivity contribution in [3.63, 3.8) is 0 Å². The number of carbonyl (C=O) groups excluding carboxylic acids is 1. The molecule has 0 fully saturated rings. The van der Waals surface area contributed by atoms with E-state index in [-0.39, 0.29) is 12.3 Å². The van der Waals surface area contributed by atoms with Crippen LogP contribution in [-0.4, -0.2) is 45.0 Å². The molecule has 2 aliphatic heterocycles. The van der Waals surface area contributed by atoms with Crippen molar-refractivity contribution in [1.29, 1.82) is 0 Å². The Morgan fingerprint density at radius 3 is 2.57 bits per heavy atom. The second kappa shape index (κ2) is 8.33. The summed E-state index contributed by atoms with van der Waals surface area (Å²) in [6.07, 6.45) is 3.06. The number of methoxy groups -OCH3 is 1. The number of benzene rings is 2. The molecule has 0 unspecified atom stereocenters. The maximum absolute atomic E-state index is 13.1. The quantitative estimate of drug-likeness (QED) is 0.740. The zero-order chi connectivity index (χ0) is 19.3. The maximum Gasteiger partial charge on any atom is 0.182 e. The van der Waals surface area contributed by atoms with Gasteiger partial charge in [-0.3, -0.25) is 9.79 Å². The molecule has 28 heavy (non-hydrogen) atoms. The Kier molecular flexibility index (Phi) is 5.46. The Morgan fingerprint density at radius 2 is 1.86 bits per heavy atom. The van der Waals surface area contributed by atoms with Crippen molar-refractivity contribution in [3.05, 3.63) is 48.0 Å². The van der Waals surface area contributed by atoms with Gasteiger partial charge in [-0.2, -0.15) is 0 Å². The Morgan fingerprint density at radius 1 is 1.07 bits per heavy atom. The summed E-state index contributed by atoms with van der Waals surface area (Å²) in [5.41, 5.74) is 1.55. The second-order valence-electron chi connectivity index (χ2n) is 6.82. The lowest BCUT2D eigenvalue weighted by Crippen LogP contribution is -2.37. The van der Waals surface area contributed by atoms with Crippen molar-refractivity contribution in [2.45, 2.75) is 19.3 Å². The van der Waals surface area contributed by atoms with E-state index in [9.17, 15) is 4.79 Å². The van der Waals surface area contributed by atoms with E-state index >= 15 is 0 Å². The number of amidine groups is 1. The molecule has 0 N–H and O–H groups in total. The third-order valence-corrected chi connectivity index (χ3v) is 4.96. The van der Waals surface area contributed by atoms with Crippen LogP contribution in [0.5, 0.6) is 17.2 Å². The van der Waals surface area contributed by atoms with E-state index in [0.717, 1.165) is 43.1 Å². The first kappa shape index (κ1) is 18.3. The van der Waals surface area contributed by atoms with Gasteiger partial charge < -0.3 is 19.1 Å². The Labute approximate surface area is 164 Å². The van der Waals surface area contributed by atoms with E-state index in [1.807, 2.05) is 29.2 Å². The molecule has 2 aliphatic rings. The fourth-order valence-electron chi connectivity index (χ4n) is 3.45. The van der Waals surface area contributed by atoms with Gasteiger partial charge in [0.15, 0.2) is 17.3 Å². The van der Waals surface area contributed by atoms with Crippen molar-refractivity contribution >= 4 is 17.3 Å². The summed E-state index contributed by atoms with van der Waals surface area (Å²) in [6, 6.07) is 13.1. The molecule has 0 spiro atoms. The molecule has 6 nitrogen and oxygen atoms in total.